The fraction of sp³-hybridized carbons (Fsp3) is 0.862. The maximum Gasteiger partial charge on any atom is 0.326 e. The van der Waals surface area contributed by atoms with Crippen molar-refractivity contribution in [3.8, 4) is 0 Å². The lowest BCUT2D eigenvalue weighted by molar-refractivity contribution is -0.144. The Bertz CT molecular complexity index is 777. The van der Waals surface area contributed by atoms with Gasteiger partial charge in [0, 0.05) is 24.0 Å². The normalized spacial score (nSPS) is 13.3. The first-order valence-corrected chi connectivity index (χ1v) is 14.1. The number of unbranched alkanes of at least 4 members (excludes halogenated alkanes) is 1. The molecule has 39 heavy (non-hydrogen) atoms. The number of carboxylic acid groups (broad SMARTS) is 2. The van der Waals surface area contributed by atoms with Gasteiger partial charge in [0.1, 0.15) is 6.04 Å². The second-order valence-corrected chi connectivity index (χ2v) is 13.0. The van der Waals surface area contributed by atoms with Gasteiger partial charge in [-0.1, -0.05) is 54.4 Å². The zero-order valence-corrected chi connectivity index (χ0v) is 25.5. The Morgan fingerprint density at radius 1 is 0.821 bits per heavy atom. The van der Waals surface area contributed by atoms with Gasteiger partial charge in [0.2, 0.25) is 11.8 Å². The number of aliphatic carboxylic acids is 2. The first-order valence-electron chi connectivity index (χ1n) is 14.1. The lowest BCUT2D eigenvalue weighted by Crippen LogP contribution is -2.48. The number of amides is 2. The van der Waals surface area contributed by atoms with Gasteiger partial charge in [-0.3, -0.25) is 14.4 Å². The molecule has 0 aromatic rings. The molecule has 2 amide bonds. The van der Waals surface area contributed by atoms with E-state index in [1.54, 1.807) is 27.7 Å². The number of carbonyl (C=O) groups excluding carboxylic acids is 2. The van der Waals surface area contributed by atoms with E-state index < -0.39 is 40.3 Å². The van der Waals surface area contributed by atoms with Gasteiger partial charge < -0.3 is 30.3 Å². The zero-order valence-electron chi connectivity index (χ0n) is 25.5. The number of ether oxygens (including phenoxy) is 2. The molecule has 10 nitrogen and oxygen atoms in total. The van der Waals surface area contributed by atoms with E-state index in [1.807, 2.05) is 13.8 Å². The molecule has 0 aromatic carbocycles. The lowest BCUT2D eigenvalue weighted by atomic mass is 9.73. The van der Waals surface area contributed by atoms with Gasteiger partial charge in [0.15, 0.2) is 0 Å². The molecule has 0 aliphatic rings. The van der Waals surface area contributed by atoms with Crippen LogP contribution in [0.2, 0.25) is 0 Å². The van der Waals surface area contributed by atoms with Crippen LogP contribution in [0.25, 0.3) is 0 Å². The molecular weight excluding hydrogens is 504 g/mol. The van der Waals surface area contributed by atoms with Crippen LogP contribution < -0.4 is 10.6 Å². The molecule has 0 saturated heterocycles. The summed E-state index contributed by atoms with van der Waals surface area (Å²) >= 11 is 0. The zero-order chi connectivity index (χ0) is 30.3. The Morgan fingerprint density at radius 2 is 1.41 bits per heavy atom. The molecular formula is C29H54N2O8. The van der Waals surface area contributed by atoms with Gasteiger partial charge in [0.05, 0.1) is 26.2 Å². The third kappa shape index (κ3) is 18.7. The van der Waals surface area contributed by atoms with E-state index in [9.17, 15) is 24.3 Å². The van der Waals surface area contributed by atoms with Gasteiger partial charge in [-0.25, -0.2) is 4.79 Å². The summed E-state index contributed by atoms with van der Waals surface area (Å²) in [7, 11) is 0. The Hall–Kier alpha value is -2.20. The molecule has 4 N–H and O–H groups in total. The second-order valence-electron chi connectivity index (χ2n) is 13.0. The molecule has 0 radical (unpaired) electrons. The third-order valence-corrected chi connectivity index (χ3v) is 6.48. The topological polar surface area (TPSA) is 151 Å². The van der Waals surface area contributed by atoms with Crippen molar-refractivity contribution < 1.29 is 38.9 Å². The highest BCUT2D eigenvalue weighted by atomic mass is 16.5. The monoisotopic (exact) mass is 558 g/mol. The molecule has 0 rings (SSSR count). The van der Waals surface area contributed by atoms with Gasteiger partial charge in [0.25, 0.3) is 0 Å². The Labute approximate surface area is 235 Å². The molecule has 0 aliphatic carbocycles. The van der Waals surface area contributed by atoms with Crippen molar-refractivity contribution in [2.24, 2.45) is 16.7 Å². The summed E-state index contributed by atoms with van der Waals surface area (Å²) in [6.45, 7) is 17.1. The van der Waals surface area contributed by atoms with Crippen molar-refractivity contribution in [1.82, 2.24) is 10.6 Å². The van der Waals surface area contributed by atoms with E-state index in [4.69, 9.17) is 14.6 Å². The van der Waals surface area contributed by atoms with Crippen LogP contribution in [0, 0.1) is 16.7 Å². The molecule has 228 valence electrons. The number of hydrogen-bond donors (Lipinski definition) is 4. The van der Waals surface area contributed by atoms with E-state index in [1.165, 1.54) is 0 Å². The molecule has 0 spiro atoms. The summed E-state index contributed by atoms with van der Waals surface area (Å²) in [5, 5.41) is 24.4. The summed E-state index contributed by atoms with van der Waals surface area (Å²) < 4.78 is 11.0. The Balaban J connectivity index is 4.44. The summed E-state index contributed by atoms with van der Waals surface area (Å²) in [6.07, 6.45) is 3.62. The number of nitrogens with one attached hydrogen (secondary N) is 2. The van der Waals surface area contributed by atoms with Crippen LogP contribution in [-0.4, -0.2) is 72.0 Å². The van der Waals surface area contributed by atoms with Crippen molar-refractivity contribution in [2.45, 2.75) is 118 Å². The summed E-state index contributed by atoms with van der Waals surface area (Å²) in [6, 6.07) is -1.04. The molecule has 0 aromatic heterocycles. The smallest absolute Gasteiger partial charge is 0.326 e. The standard InChI is InChI=1S/C29H54N2O8/c1-21(2)12-15-38-17-18-39-16-13-23(32)31-29(7,8)14-10-9-11-22(25(35)36)30-26(37)28(5,6)20-27(3,4)19-24(33)34/h21-22H,9-20H2,1-8H3,(H,30,37)(H,31,32)(H,33,34)(H,35,36)/t22-/m0/s1. The average molecular weight is 559 g/mol. The predicted molar refractivity (Wildman–Crippen MR) is 150 cm³/mol. The Morgan fingerprint density at radius 3 is 1.95 bits per heavy atom. The fourth-order valence-corrected chi connectivity index (χ4v) is 4.58. The van der Waals surface area contributed by atoms with Crippen LogP contribution in [0.3, 0.4) is 0 Å². The number of rotatable bonds is 22. The fourth-order valence-electron chi connectivity index (χ4n) is 4.58. The van der Waals surface area contributed by atoms with E-state index in [0.717, 1.165) is 6.42 Å². The van der Waals surface area contributed by atoms with Crippen molar-refractivity contribution in [3.05, 3.63) is 0 Å². The minimum absolute atomic E-state index is 0.0844. The van der Waals surface area contributed by atoms with Gasteiger partial charge in [-0.05, 0) is 50.9 Å². The number of carbonyl (C=O) groups is 4. The van der Waals surface area contributed by atoms with Crippen molar-refractivity contribution in [2.75, 3.05) is 26.4 Å². The third-order valence-electron chi connectivity index (χ3n) is 6.48. The van der Waals surface area contributed by atoms with E-state index in [2.05, 4.69) is 24.5 Å². The lowest BCUT2D eigenvalue weighted by Gasteiger charge is -2.33. The maximum absolute atomic E-state index is 12.9. The van der Waals surface area contributed by atoms with E-state index in [-0.39, 0.29) is 25.2 Å². The highest BCUT2D eigenvalue weighted by Gasteiger charge is 2.37. The van der Waals surface area contributed by atoms with E-state index >= 15 is 0 Å². The van der Waals surface area contributed by atoms with Gasteiger partial charge in [-0.15, -0.1) is 0 Å². The van der Waals surface area contributed by atoms with Crippen molar-refractivity contribution >= 4 is 23.8 Å². The first-order chi connectivity index (χ1) is 17.9. The highest BCUT2D eigenvalue weighted by Crippen LogP contribution is 2.36. The van der Waals surface area contributed by atoms with Crippen LogP contribution in [-0.2, 0) is 28.7 Å². The molecule has 0 saturated carbocycles. The van der Waals surface area contributed by atoms with Crippen LogP contribution in [0.15, 0.2) is 0 Å². The molecule has 1 atom stereocenters. The SMILES string of the molecule is CC(C)CCOCCOCCC(=O)NC(C)(C)CCCC[C@H](NC(=O)C(C)(C)CC(C)(C)CC(=O)O)C(=O)O. The highest BCUT2D eigenvalue weighted by molar-refractivity contribution is 5.87. The molecule has 10 heteroatoms. The quantitative estimate of drug-likeness (QED) is 0.143. The molecule has 0 fully saturated rings. The molecule has 0 unspecified atom stereocenters. The van der Waals surface area contributed by atoms with Gasteiger partial charge in [-0.2, -0.15) is 0 Å². The minimum Gasteiger partial charge on any atom is -0.481 e. The summed E-state index contributed by atoms with van der Waals surface area (Å²) in [5.41, 5.74) is -2.00. The Kier molecular flexibility index (Phi) is 16.5. The second kappa shape index (κ2) is 17.5. The van der Waals surface area contributed by atoms with Crippen LogP contribution in [0.5, 0.6) is 0 Å². The van der Waals surface area contributed by atoms with Crippen molar-refractivity contribution in [1.29, 1.82) is 0 Å². The summed E-state index contributed by atoms with van der Waals surface area (Å²) in [5.74, 6) is -1.97. The predicted octanol–water partition coefficient (Wildman–Crippen LogP) is 4.40. The molecule has 0 heterocycles. The van der Waals surface area contributed by atoms with Crippen molar-refractivity contribution in [3.63, 3.8) is 0 Å². The van der Waals surface area contributed by atoms with Gasteiger partial charge >= 0.3 is 11.9 Å². The molecule has 0 aliphatic heterocycles. The molecule has 0 bridgehead atoms. The van der Waals surface area contributed by atoms with Crippen LogP contribution >= 0.6 is 0 Å². The number of carboxylic acids is 2. The first kappa shape index (κ1) is 36.8. The van der Waals surface area contributed by atoms with Crippen LogP contribution in [0.4, 0.5) is 0 Å². The summed E-state index contributed by atoms with van der Waals surface area (Å²) in [4.78, 5) is 48.1. The largest absolute Gasteiger partial charge is 0.481 e. The minimum atomic E-state index is -1.11. The number of hydrogen-bond acceptors (Lipinski definition) is 6. The average Bonchev–Trinajstić information content (AvgIpc) is 2.74. The van der Waals surface area contributed by atoms with E-state index in [0.29, 0.717) is 58.0 Å². The van der Waals surface area contributed by atoms with Crippen LogP contribution in [0.1, 0.15) is 107 Å². The maximum atomic E-state index is 12.9.